The van der Waals surface area contributed by atoms with Gasteiger partial charge in [-0.15, -0.1) is 0 Å². The number of nitrogens with zero attached hydrogens (tertiary/aromatic N) is 1. The van der Waals surface area contributed by atoms with Crippen molar-refractivity contribution in [3.8, 4) is 0 Å². The lowest BCUT2D eigenvalue weighted by molar-refractivity contribution is -0.145. The Kier molecular flexibility index (Phi) is 10.9. The van der Waals surface area contributed by atoms with Crippen LogP contribution in [0.25, 0.3) is 0 Å². The maximum absolute atomic E-state index is 13.0. The predicted molar refractivity (Wildman–Crippen MR) is 117 cm³/mol. The van der Waals surface area contributed by atoms with E-state index in [2.05, 4.69) is 25.9 Å². The number of H-pyrrole nitrogens is 1. The number of aliphatic hydroxyl groups is 2. The molecule has 0 radical (unpaired) electrons. The van der Waals surface area contributed by atoms with Gasteiger partial charge in [-0.2, -0.15) is 0 Å². The normalized spacial score (nSPS) is 16.7. The minimum Gasteiger partial charge on any atom is -0.480 e. The van der Waals surface area contributed by atoms with Gasteiger partial charge in [0.15, 0.2) is 6.04 Å². The average Bonchev–Trinajstić information content (AvgIpc) is 3.22. The van der Waals surface area contributed by atoms with Gasteiger partial charge >= 0.3 is 5.97 Å². The first kappa shape index (κ1) is 28.0. The number of aliphatic hydroxyl groups excluding tert-OH is 2. The van der Waals surface area contributed by atoms with Crippen molar-refractivity contribution in [1.82, 2.24) is 25.9 Å². The lowest BCUT2D eigenvalue weighted by atomic mass is 10.0. The number of carboxylic acids is 1. The van der Waals surface area contributed by atoms with Gasteiger partial charge < -0.3 is 42.0 Å². The van der Waals surface area contributed by atoms with Crippen LogP contribution in [0.3, 0.4) is 0 Å². The summed E-state index contributed by atoms with van der Waals surface area (Å²) in [7, 11) is 0. The van der Waals surface area contributed by atoms with Crippen molar-refractivity contribution >= 4 is 23.7 Å². The molecule has 9 N–H and O–H groups in total. The van der Waals surface area contributed by atoms with Crippen LogP contribution in [0.4, 0.5) is 0 Å². The number of carboxylic acid groups (broad SMARTS) is 1. The molecule has 186 valence electrons. The molecule has 0 spiro atoms. The number of aliphatic carboxylic acids is 1. The van der Waals surface area contributed by atoms with E-state index >= 15 is 0 Å². The van der Waals surface area contributed by atoms with Crippen LogP contribution in [0.2, 0.25) is 0 Å². The van der Waals surface area contributed by atoms with Crippen LogP contribution in [-0.4, -0.2) is 85.4 Å². The Morgan fingerprint density at radius 1 is 0.970 bits per heavy atom. The summed E-state index contributed by atoms with van der Waals surface area (Å²) in [4.78, 5) is 56.1. The zero-order valence-corrected chi connectivity index (χ0v) is 19.1. The molecule has 13 nitrogen and oxygen atoms in total. The molecule has 33 heavy (non-hydrogen) atoms. The second-order valence-corrected chi connectivity index (χ2v) is 8.36. The molecule has 13 heteroatoms. The molecule has 6 atom stereocenters. The van der Waals surface area contributed by atoms with E-state index in [1.165, 1.54) is 26.4 Å². The van der Waals surface area contributed by atoms with Crippen molar-refractivity contribution in [3.63, 3.8) is 0 Å². The molecule has 0 aromatic carbocycles. The van der Waals surface area contributed by atoms with Crippen molar-refractivity contribution in [2.24, 2.45) is 11.7 Å². The molecule has 1 heterocycles. The highest BCUT2D eigenvalue weighted by molar-refractivity contribution is 5.94. The van der Waals surface area contributed by atoms with Crippen LogP contribution in [0.1, 0.15) is 39.8 Å². The van der Waals surface area contributed by atoms with E-state index in [4.69, 9.17) is 5.73 Å². The first-order valence-electron chi connectivity index (χ1n) is 10.6. The van der Waals surface area contributed by atoms with Gasteiger partial charge in [0.05, 0.1) is 18.5 Å². The fourth-order valence-electron chi connectivity index (χ4n) is 2.93. The maximum atomic E-state index is 13.0. The number of hydrogen-bond donors (Lipinski definition) is 8. The van der Waals surface area contributed by atoms with E-state index in [1.54, 1.807) is 0 Å². The summed E-state index contributed by atoms with van der Waals surface area (Å²) in [6, 6.07) is -5.14. The molecular formula is C20H34N6O7. The largest absolute Gasteiger partial charge is 0.480 e. The number of carbonyl (C=O) groups excluding carboxylic acids is 3. The predicted octanol–water partition coefficient (Wildman–Crippen LogP) is -2.37. The fourth-order valence-corrected chi connectivity index (χ4v) is 2.93. The summed E-state index contributed by atoms with van der Waals surface area (Å²) in [6.45, 7) is 6.21. The number of hydrogen-bond acceptors (Lipinski definition) is 8. The maximum Gasteiger partial charge on any atom is 0.328 e. The van der Waals surface area contributed by atoms with Crippen LogP contribution in [-0.2, 0) is 25.6 Å². The summed E-state index contributed by atoms with van der Waals surface area (Å²) in [5, 5.41) is 35.7. The van der Waals surface area contributed by atoms with Crippen LogP contribution < -0.4 is 21.7 Å². The number of carbonyl (C=O) groups is 4. The van der Waals surface area contributed by atoms with Crippen LogP contribution in [0.15, 0.2) is 12.5 Å². The molecule has 1 rings (SSSR count). The molecule has 1 aromatic rings. The van der Waals surface area contributed by atoms with Gasteiger partial charge in [0.25, 0.3) is 0 Å². The number of aromatic nitrogens is 2. The van der Waals surface area contributed by atoms with Gasteiger partial charge in [-0.25, -0.2) is 9.78 Å². The highest BCUT2D eigenvalue weighted by atomic mass is 16.4. The highest BCUT2D eigenvalue weighted by Crippen LogP contribution is 2.08. The molecule has 0 aliphatic rings. The molecule has 0 saturated carbocycles. The number of rotatable bonds is 13. The molecular weight excluding hydrogens is 436 g/mol. The van der Waals surface area contributed by atoms with E-state index in [-0.39, 0.29) is 18.8 Å². The standard InChI is InChI=1S/C20H34N6O7/c1-9(2)5-13(25-19(31)15(21)10(3)27)17(29)24-14(6-12-7-22-8-23-12)18(30)26-16(11(4)28)20(32)33/h7-11,13-16,27-28H,5-6,21H2,1-4H3,(H,22,23)(H,24,29)(H,25,31)(H,26,30)(H,32,33). The number of aromatic amines is 1. The monoisotopic (exact) mass is 470 g/mol. The minimum atomic E-state index is -1.59. The summed E-state index contributed by atoms with van der Waals surface area (Å²) in [6.07, 6.45) is 0.448. The van der Waals surface area contributed by atoms with E-state index in [9.17, 15) is 34.5 Å². The highest BCUT2D eigenvalue weighted by Gasteiger charge is 2.32. The molecule has 0 fully saturated rings. The zero-order valence-electron chi connectivity index (χ0n) is 19.1. The third-order valence-electron chi connectivity index (χ3n) is 4.82. The smallest absolute Gasteiger partial charge is 0.328 e. The summed E-state index contributed by atoms with van der Waals surface area (Å²) in [5.74, 6) is -3.74. The van der Waals surface area contributed by atoms with E-state index in [0.29, 0.717) is 5.69 Å². The third-order valence-corrected chi connectivity index (χ3v) is 4.82. The Hall–Kier alpha value is -3.03. The average molecular weight is 471 g/mol. The quantitative estimate of drug-likeness (QED) is 0.154. The zero-order chi connectivity index (χ0) is 25.3. The number of amides is 3. The Labute approximate surface area is 191 Å². The van der Waals surface area contributed by atoms with Crippen molar-refractivity contribution in [2.75, 3.05) is 0 Å². The Bertz CT molecular complexity index is 797. The van der Waals surface area contributed by atoms with E-state index < -0.39 is 60.1 Å². The number of imidazole rings is 1. The molecule has 3 amide bonds. The topological polar surface area (TPSA) is 220 Å². The number of nitrogens with two attached hydrogens (primary N) is 1. The summed E-state index contributed by atoms with van der Waals surface area (Å²) in [5.41, 5.74) is 6.13. The van der Waals surface area contributed by atoms with Crippen molar-refractivity contribution in [3.05, 3.63) is 18.2 Å². The van der Waals surface area contributed by atoms with Gasteiger partial charge in [0.1, 0.15) is 18.1 Å². The number of nitrogens with one attached hydrogen (secondary N) is 4. The Morgan fingerprint density at radius 2 is 1.55 bits per heavy atom. The van der Waals surface area contributed by atoms with Crippen LogP contribution in [0, 0.1) is 5.92 Å². The Morgan fingerprint density at radius 3 is 2.00 bits per heavy atom. The fraction of sp³-hybridized carbons (Fsp3) is 0.650. The van der Waals surface area contributed by atoms with Gasteiger partial charge in [0, 0.05) is 18.3 Å². The van der Waals surface area contributed by atoms with Crippen LogP contribution >= 0.6 is 0 Å². The van der Waals surface area contributed by atoms with Gasteiger partial charge in [0.2, 0.25) is 17.7 Å². The van der Waals surface area contributed by atoms with E-state index in [0.717, 1.165) is 0 Å². The van der Waals surface area contributed by atoms with Gasteiger partial charge in [-0.1, -0.05) is 13.8 Å². The molecule has 0 aliphatic heterocycles. The van der Waals surface area contributed by atoms with Crippen molar-refractivity contribution in [2.45, 2.75) is 76.9 Å². The summed E-state index contributed by atoms with van der Waals surface area (Å²) >= 11 is 0. The Balaban J connectivity index is 3.07. The molecule has 0 bridgehead atoms. The van der Waals surface area contributed by atoms with Gasteiger partial charge in [-0.05, 0) is 26.2 Å². The van der Waals surface area contributed by atoms with Crippen molar-refractivity contribution < 1.29 is 34.5 Å². The molecule has 6 unspecified atom stereocenters. The first-order chi connectivity index (χ1) is 15.3. The molecule has 0 saturated heterocycles. The lowest BCUT2D eigenvalue weighted by Crippen LogP contribution is -2.59. The first-order valence-corrected chi connectivity index (χ1v) is 10.6. The summed E-state index contributed by atoms with van der Waals surface area (Å²) < 4.78 is 0. The molecule has 1 aromatic heterocycles. The van der Waals surface area contributed by atoms with Crippen LogP contribution in [0.5, 0.6) is 0 Å². The second-order valence-electron chi connectivity index (χ2n) is 8.36. The van der Waals surface area contributed by atoms with Crippen molar-refractivity contribution in [1.29, 1.82) is 0 Å². The SMILES string of the molecule is CC(C)CC(NC(=O)C(N)C(C)O)C(=O)NC(Cc1cnc[nH]1)C(=O)NC(C(=O)O)C(C)O. The lowest BCUT2D eigenvalue weighted by Gasteiger charge is -2.26. The van der Waals surface area contributed by atoms with E-state index in [1.807, 2.05) is 13.8 Å². The third kappa shape index (κ3) is 9.16. The molecule has 0 aliphatic carbocycles. The second kappa shape index (κ2) is 12.9. The van der Waals surface area contributed by atoms with Gasteiger partial charge in [-0.3, -0.25) is 14.4 Å². The minimum absolute atomic E-state index is 0.0182.